The van der Waals surface area contributed by atoms with E-state index in [2.05, 4.69) is 5.32 Å². The Kier molecular flexibility index (Phi) is 5.24. The number of benzene rings is 2. The molecule has 3 atom stereocenters. The molecule has 0 aliphatic carbocycles. The van der Waals surface area contributed by atoms with Gasteiger partial charge in [0.2, 0.25) is 5.91 Å². The molecule has 152 valence electrons. The number of halogens is 1. The first-order valence-corrected chi connectivity index (χ1v) is 9.90. The minimum atomic E-state index is -0.380. The summed E-state index contributed by atoms with van der Waals surface area (Å²) in [4.78, 5) is 29.0. The smallest absolute Gasteiger partial charge is 0.322 e. The number of fused-ring (bicyclic) bond motifs is 3. The van der Waals surface area contributed by atoms with E-state index in [1.54, 1.807) is 9.80 Å². The molecular formula is C22H24FN3O3. The number of rotatable bonds is 4. The van der Waals surface area contributed by atoms with Crippen LogP contribution in [0, 0.1) is 5.82 Å². The van der Waals surface area contributed by atoms with Gasteiger partial charge in [-0.1, -0.05) is 25.1 Å². The summed E-state index contributed by atoms with van der Waals surface area (Å²) in [5.41, 5.74) is 2.33. The van der Waals surface area contributed by atoms with Crippen LogP contribution in [0.25, 0.3) is 0 Å². The Morgan fingerprint density at radius 2 is 1.90 bits per heavy atom. The monoisotopic (exact) mass is 397 g/mol. The van der Waals surface area contributed by atoms with Gasteiger partial charge in [-0.25, -0.2) is 9.18 Å². The van der Waals surface area contributed by atoms with Crippen molar-refractivity contribution in [3.05, 3.63) is 59.9 Å². The SMILES string of the molecule is CCCC(=O)N1C[C@H]2[C@@H](c3ccccc31)[C@H](CO)N2C(=O)Nc1ccc(F)cc1. The first-order chi connectivity index (χ1) is 14.0. The van der Waals surface area contributed by atoms with E-state index >= 15 is 0 Å². The first kappa shape index (κ1) is 19.4. The maximum Gasteiger partial charge on any atom is 0.322 e. The number of likely N-dealkylation sites (tertiary alicyclic amines) is 1. The minimum Gasteiger partial charge on any atom is -0.394 e. The number of aliphatic hydroxyl groups excluding tert-OH is 1. The third kappa shape index (κ3) is 3.35. The predicted molar refractivity (Wildman–Crippen MR) is 108 cm³/mol. The third-order valence-electron chi connectivity index (χ3n) is 5.78. The second-order valence-electron chi connectivity index (χ2n) is 7.50. The molecule has 3 amide bonds. The summed E-state index contributed by atoms with van der Waals surface area (Å²) < 4.78 is 13.1. The van der Waals surface area contributed by atoms with Gasteiger partial charge in [0, 0.05) is 30.3 Å². The van der Waals surface area contributed by atoms with Crippen LogP contribution >= 0.6 is 0 Å². The molecule has 1 saturated heterocycles. The van der Waals surface area contributed by atoms with Crippen LogP contribution in [0.4, 0.5) is 20.6 Å². The molecule has 2 aliphatic heterocycles. The zero-order valence-electron chi connectivity index (χ0n) is 16.2. The van der Waals surface area contributed by atoms with Crippen LogP contribution in [0.1, 0.15) is 31.2 Å². The number of aliphatic hydroxyl groups is 1. The number of anilines is 2. The lowest BCUT2D eigenvalue weighted by Crippen LogP contribution is -2.71. The van der Waals surface area contributed by atoms with Crippen molar-refractivity contribution in [3.63, 3.8) is 0 Å². The highest BCUT2D eigenvalue weighted by atomic mass is 19.1. The molecule has 0 radical (unpaired) electrons. The molecule has 0 aromatic heterocycles. The van der Waals surface area contributed by atoms with E-state index in [1.165, 1.54) is 24.3 Å². The van der Waals surface area contributed by atoms with Gasteiger partial charge in [0.15, 0.2) is 0 Å². The second kappa shape index (κ2) is 7.83. The van der Waals surface area contributed by atoms with Gasteiger partial charge in [-0.2, -0.15) is 0 Å². The molecular weight excluding hydrogens is 373 g/mol. The molecule has 6 nitrogen and oxygen atoms in total. The molecule has 0 bridgehead atoms. The van der Waals surface area contributed by atoms with Gasteiger partial charge in [-0.3, -0.25) is 4.79 Å². The van der Waals surface area contributed by atoms with E-state index < -0.39 is 0 Å². The molecule has 2 aromatic rings. The molecule has 2 aliphatic rings. The molecule has 1 fully saturated rings. The summed E-state index contributed by atoms with van der Waals surface area (Å²) in [6.07, 6.45) is 1.19. The van der Waals surface area contributed by atoms with E-state index in [-0.39, 0.29) is 42.4 Å². The second-order valence-corrected chi connectivity index (χ2v) is 7.50. The Morgan fingerprint density at radius 1 is 1.17 bits per heavy atom. The van der Waals surface area contributed by atoms with E-state index in [9.17, 15) is 19.1 Å². The van der Waals surface area contributed by atoms with Crippen LogP contribution in [0.15, 0.2) is 48.5 Å². The van der Waals surface area contributed by atoms with E-state index in [0.29, 0.717) is 18.7 Å². The molecule has 0 unspecified atom stereocenters. The number of hydrogen-bond donors (Lipinski definition) is 2. The summed E-state index contributed by atoms with van der Waals surface area (Å²) in [6.45, 7) is 2.19. The zero-order valence-corrected chi connectivity index (χ0v) is 16.2. The van der Waals surface area contributed by atoms with Crippen LogP contribution in [0.2, 0.25) is 0 Å². The van der Waals surface area contributed by atoms with Gasteiger partial charge in [-0.15, -0.1) is 0 Å². The van der Waals surface area contributed by atoms with Gasteiger partial charge in [0.1, 0.15) is 5.82 Å². The number of urea groups is 1. The summed E-state index contributed by atoms with van der Waals surface area (Å²) in [6, 6.07) is 12.3. The zero-order chi connectivity index (χ0) is 20.5. The Morgan fingerprint density at radius 3 is 2.59 bits per heavy atom. The lowest BCUT2D eigenvalue weighted by molar-refractivity contribution is -0.119. The lowest BCUT2D eigenvalue weighted by atomic mass is 9.72. The average Bonchev–Trinajstić information content (AvgIpc) is 2.70. The van der Waals surface area contributed by atoms with Gasteiger partial charge >= 0.3 is 6.03 Å². The average molecular weight is 397 g/mol. The summed E-state index contributed by atoms with van der Waals surface area (Å²) in [5, 5.41) is 12.7. The molecule has 0 saturated carbocycles. The Bertz CT molecular complexity index is 918. The van der Waals surface area contributed by atoms with Gasteiger partial charge < -0.3 is 20.2 Å². The molecule has 7 heteroatoms. The number of hydrogen-bond acceptors (Lipinski definition) is 3. The molecule has 0 spiro atoms. The predicted octanol–water partition coefficient (Wildman–Crippen LogP) is 3.33. The van der Waals surface area contributed by atoms with Gasteiger partial charge in [-0.05, 0) is 42.3 Å². The van der Waals surface area contributed by atoms with E-state index in [4.69, 9.17) is 0 Å². The van der Waals surface area contributed by atoms with Crippen molar-refractivity contribution >= 4 is 23.3 Å². The maximum atomic E-state index is 13.1. The fourth-order valence-electron chi connectivity index (χ4n) is 4.47. The summed E-state index contributed by atoms with van der Waals surface area (Å²) in [7, 11) is 0. The number of amides is 3. The van der Waals surface area contributed by atoms with Crippen molar-refractivity contribution in [2.45, 2.75) is 37.8 Å². The van der Waals surface area contributed by atoms with Crippen LogP contribution in [0.3, 0.4) is 0 Å². The third-order valence-corrected chi connectivity index (χ3v) is 5.78. The largest absolute Gasteiger partial charge is 0.394 e. The highest BCUT2D eigenvalue weighted by Crippen LogP contribution is 2.48. The topological polar surface area (TPSA) is 72.9 Å². The van der Waals surface area contributed by atoms with Gasteiger partial charge in [0.25, 0.3) is 0 Å². The molecule has 2 heterocycles. The van der Waals surface area contributed by atoms with Crippen LogP contribution < -0.4 is 10.2 Å². The minimum absolute atomic E-state index is 0.0270. The van der Waals surface area contributed by atoms with Crippen molar-refractivity contribution in [2.24, 2.45) is 0 Å². The van der Waals surface area contributed by atoms with Crippen LogP contribution in [0.5, 0.6) is 0 Å². The molecule has 29 heavy (non-hydrogen) atoms. The number of carbonyl (C=O) groups is 2. The standard InChI is InChI=1S/C22H24FN3O3/c1-2-5-20(28)25-12-18-21(16-6-3-4-7-17(16)25)19(13-27)26(18)22(29)24-15-10-8-14(23)9-11-15/h3-4,6-11,18-19,21,27H,2,5,12-13H2,1H3,(H,24,29)/t18-,19-,21+/m0/s1. The highest BCUT2D eigenvalue weighted by Gasteiger charge is 2.55. The van der Waals surface area contributed by atoms with Crippen LogP contribution in [-0.4, -0.2) is 47.2 Å². The number of nitrogens with zero attached hydrogens (tertiary/aromatic N) is 2. The first-order valence-electron chi connectivity index (χ1n) is 9.90. The quantitative estimate of drug-likeness (QED) is 0.831. The van der Waals surface area contributed by atoms with Crippen molar-refractivity contribution in [1.82, 2.24) is 4.90 Å². The fourth-order valence-corrected chi connectivity index (χ4v) is 4.47. The summed E-state index contributed by atoms with van der Waals surface area (Å²) in [5.74, 6) is -0.375. The van der Waals surface area contributed by atoms with E-state index in [1.807, 2.05) is 31.2 Å². The Labute approximate surface area is 168 Å². The number of carbonyl (C=O) groups excluding carboxylic acids is 2. The van der Waals surface area contributed by atoms with Crippen molar-refractivity contribution in [2.75, 3.05) is 23.4 Å². The van der Waals surface area contributed by atoms with Crippen LogP contribution in [-0.2, 0) is 4.79 Å². The Balaban J connectivity index is 1.61. The Hall–Kier alpha value is -2.93. The highest BCUT2D eigenvalue weighted by molar-refractivity contribution is 5.96. The number of para-hydroxylation sites is 1. The summed E-state index contributed by atoms with van der Waals surface area (Å²) >= 11 is 0. The van der Waals surface area contributed by atoms with Crippen molar-refractivity contribution < 1.29 is 19.1 Å². The van der Waals surface area contributed by atoms with Gasteiger partial charge in [0.05, 0.1) is 18.7 Å². The molecule has 2 N–H and O–H groups in total. The molecule has 2 aromatic carbocycles. The lowest BCUT2D eigenvalue weighted by Gasteiger charge is -2.58. The fraction of sp³-hybridized carbons (Fsp3) is 0.364. The molecule has 4 rings (SSSR count). The van der Waals surface area contributed by atoms with Crippen molar-refractivity contribution in [3.8, 4) is 0 Å². The number of nitrogens with one attached hydrogen (secondary N) is 1. The van der Waals surface area contributed by atoms with Crippen molar-refractivity contribution in [1.29, 1.82) is 0 Å². The maximum absolute atomic E-state index is 13.1. The van der Waals surface area contributed by atoms with E-state index in [0.717, 1.165) is 17.7 Å². The normalized spacial score (nSPS) is 22.4.